The number of para-hydroxylation sites is 1. The van der Waals surface area contributed by atoms with Crippen molar-refractivity contribution in [2.24, 2.45) is 0 Å². The molecule has 0 radical (unpaired) electrons. The van der Waals surface area contributed by atoms with E-state index in [1.807, 2.05) is 65.8 Å². The highest BCUT2D eigenvalue weighted by Crippen LogP contribution is 2.36. The van der Waals surface area contributed by atoms with Crippen molar-refractivity contribution in [2.45, 2.75) is 18.4 Å². The molecule has 0 atom stereocenters. The SMILES string of the molecule is CCOc1ccc(C(=O)Nc2c3c(nn2-c2ccccc2)CSC3)cc1. The van der Waals surface area contributed by atoms with Gasteiger partial charge in [0, 0.05) is 22.6 Å². The van der Waals surface area contributed by atoms with Crippen LogP contribution in [0.4, 0.5) is 5.82 Å². The van der Waals surface area contributed by atoms with Gasteiger partial charge in [0.15, 0.2) is 0 Å². The van der Waals surface area contributed by atoms with Crippen LogP contribution in [0.3, 0.4) is 0 Å². The summed E-state index contributed by atoms with van der Waals surface area (Å²) in [5, 5.41) is 7.77. The lowest BCUT2D eigenvalue weighted by Gasteiger charge is -2.11. The minimum absolute atomic E-state index is 0.148. The van der Waals surface area contributed by atoms with Gasteiger partial charge in [-0.05, 0) is 43.3 Å². The summed E-state index contributed by atoms with van der Waals surface area (Å²) >= 11 is 1.81. The van der Waals surface area contributed by atoms with Crippen LogP contribution in [0, 0.1) is 0 Å². The predicted molar refractivity (Wildman–Crippen MR) is 104 cm³/mol. The van der Waals surface area contributed by atoms with Gasteiger partial charge in [0.1, 0.15) is 11.6 Å². The molecule has 0 saturated carbocycles. The van der Waals surface area contributed by atoms with Gasteiger partial charge < -0.3 is 10.1 Å². The largest absolute Gasteiger partial charge is 0.494 e. The van der Waals surface area contributed by atoms with Gasteiger partial charge in [0.25, 0.3) is 5.91 Å². The number of nitrogens with zero attached hydrogens (tertiary/aromatic N) is 2. The number of hydrogen-bond donors (Lipinski definition) is 1. The number of aromatic nitrogens is 2. The molecule has 3 aromatic rings. The maximum Gasteiger partial charge on any atom is 0.256 e. The van der Waals surface area contributed by atoms with Gasteiger partial charge in [-0.15, -0.1) is 0 Å². The number of thioether (sulfide) groups is 1. The van der Waals surface area contributed by atoms with Crippen molar-refractivity contribution in [1.29, 1.82) is 0 Å². The van der Waals surface area contributed by atoms with Gasteiger partial charge in [-0.2, -0.15) is 16.9 Å². The van der Waals surface area contributed by atoms with Crippen LogP contribution in [0.25, 0.3) is 5.69 Å². The Morgan fingerprint density at radius 3 is 2.65 bits per heavy atom. The molecule has 1 amide bonds. The van der Waals surface area contributed by atoms with Crippen LogP contribution < -0.4 is 10.1 Å². The van der Waals surface area contributed by atoms with Crippen molar-refractivity contribution in [1.82, 2.24) is 9.78 Å². The summed E-state index contributed by atoms with van der Waals surface area (Å²) < 4.78 is 7.27. The summed E-state index contributed by atoms with van der Waals surface area (Å²) in [4.78, 5) is 12.8. The maximum atomic E-state index is 12.8. The molecule has 26 heavy (non-hydrogen) atoms. The molecule has 1 aliphatic rings. The molecule has 6 heteroatoms. The first-order valence-corrected chi connectivity index (χ1v) is 9.70. The molecule has 2 aromatic carbocycles. The minimum atomic E-state index is -0.148. The Kier molecular flexibility index (Phi) is 4.67. The molecule has 1 aromatic heterocycles. The Morgan fingerprint density at radius 2 is 1.92 bits per heavy atom. The molecule has 4 rings (SSSR count). The highest BCUT2D eigenvalue weighted by atomic mass is 32.2. The Morgan fingerprint density at radius 1 is 1.15 bits per heavy atom. The van der Waals surface area contributed by atoms with Crippen molar-refractivity contribution < 1.29 is 9.53 Å². The summed E-state index contributed by atoms with van der Waals surface area (Å²) in [6.07, 6.45) is 0. The highest BCUT2D eigenvalue weighted by Gasteiger charge is 2.24. The first kappa shape index (κ1) is 16.7. The van der Waals surface area contributed by atoms with Gasteiger partial charge in [-0.3, -0.25) is 4.79 Å². The van der Waals surface area contributed by atoms with Crippen LogP contribution in [-0.2, 0) is 11.5 Å². The normalized spacial score (nSPS) is 12.7. The summed E-state index contributed by atoms with van der Waals surface area (Å²) in [7, 11) is 0. The third-order valence-electron chi connectivity index (χ3n) is 4.21. The van der Waals surface area contributed by atoms with Gasteiger partial charge >= 0.3 is 0 Å². The smallest absolute Gasteiger partial charge is 0.256 e. The number of carbonyl (C=O) groups excluding carboxylic acids is 1. The molecule has 0 bridgehead atoms. The number of nitrogens with one attached hydrogen (secondary N) is 1. The number of ether oxygens (including phenoxy) is 1. The second kappa shape index (κ2) is 7.25. The third kappa shape index (κ3) is 3.20. The zero-order valence-corrected chi connectivity index (χ0v) is 15.3. The monoisotopic (exact) mass is 365 g/mol. The zero-order valence-electron chi connectivity index (χ0n) is 14.4. The Labute approximate surface area is 156 Å². The van der Waals surface area contributed by atoms with Crippen molar-refractivity contribution in [2.75, 3.05) is 11.9 Å². The molecule has 2 heterocycles. The van der Waals surface area contributed by atoms with E-state index >= 15 is 0 Å². The van der Waals surface area contributed by atoms with Crippen LogP contribution in [-0.4, -0.2) is 22.3 Å². The number of carbonyl (C=O) groups is 1. The van der Waals surface area contributed by atoms with Crippen molar-refractivity contribution in [3.05, 3.63) is 71.4 Å². The lowest BCUT2D eigenvalue weighted by atomic mass is 10.2. The van der Waals surface area contributed by atoms with Crippen LogP contribution in [0.15, 0.2) is 54.6 Å². The predicted octanol–water partition coefficient (Wildman–Crippen LogP) is 4.27. The number of anilines is 1. The van der Waals surface area contributed by atoms with E-state index in [0.29, 0.717) is 12.2 Å². The van der Waals surface area contributed by atoms with E-state index in [-0.39, 0.29) is 5.91 Å². The Balaban J connectivity index is 1.64. The molecule has 132 valence electrons. The fourth-order valence-electron chi connectivity index (χ4n) is 2.95. The van der Waals surface area contributed by atoms with E-state index < -0.39 is 0 Å². The third-order valence-corrected chi connectivity index (χ3v) is 5.18. The lowest BCUT2D eigenvalue weighted by Crippen LogP contribution is -2.16. The highest BCUT2D eigenvalue weighted by molar-refractivity contribution is 7.98. The molecular formula is C20H19N3O2S. The van der Waals surface area contributed by atoms with Crippen LogP contribution in [0.2, 0.25) is 0 Å². The summed E-state index contributed by atoms with van der Waals surface area (Å²) in [5.41, 5.74) is 3.68. The van der Waals surface area contributed by atoms with Gasteiger partial charge in [0.2, 0.25) is 0 Å². The van der Waals surface area contributed by atoms with Gasteiger partial charge in [-0.1, -0.05) is 18.2 Å². The molecule has 5 nitrogen and oxygen atoms in total. The van der Waals surface area contributed by atoms with Crippen molar-refractivity contribution >= 4 is 23.5 Å². The van der Waals surface area contributed by atoms with E-state index in [2.05, 4.69) is 5.32 Å². The standard InChI is InChI=1S/C20H19N3O2S/c1-2-25-16-10-8-14(9-11-16)20(24)21-19-17-12-26-13-18(17)22-23(19)15-6-4-3-5-7-15/h3-11H,2,12-13H2,1H3,(H,21,24). The second-order valence-corrected chi connectivity index (χ2v) is 6.91. The topological polar surface area (TPSA) is 56.1 Å². The molecule has 0 spiro atoms. The van der Waals surface area contributed by atoms with Crippen molar-refractivity contribution in [3.8, 4) is 11.4 Å². The molecular weight excluding hydrogens is 346 g/mol. The fourth-order valence-corrected chi connectivity index (χ4v) is 3.98. The lowest BCUT2D eigenvalue weighted by molar-refractivity contribution is 0.102. The van der Waals surface area contributed by atoms with E-state index in [9.17, 15) is 4.79 Å². The number of benzene rings is 2. The number of amides is 1. The van der Waals surface area contributed by atoms with E-state index in [1.54, 1.807) is 12.1 Å². The minimum Gasteiger partial charge on any atom is -0.494 e. The van der Waals surface area contributed by atoms with Crippen molar-refractivity contribution in [3.63, 3.8) is 0 Å². The van der Waals surface area contributed by atoms with Crippen LogP contribution in [0.5, 0.6) is 5.75 Å². The quantitative estimate of drug-likeness (QED) is 0.734. The number of rotatable bonds is 5. The number of hydrogen-bond acceptors (Lipinski definition) is 4. The Bertz CT molecular complexity index is 920. The van der Waals surface area contributed by atoms with Crippen LogP contribution >= 0.6 is 11.8 Å². The zero-order chi connectivity index (χ0) is 17.9. The summed E-state index contributed by atoms with van der Waals surface area (Å²) in [5.74, 6) is 3.11. The Hall–Kier alpha value is -2.73. The first-order valence-electron chi connectivity index (χ1n) is 8.54. The molecule has 0 aliphatic carbocycles. The molecule has 1 N–H and O–H groups in total. The molecule has 1 aliphatic heterocycles. The second-order valence-electron chi connectivity index (χ2n) is 5.93. The molecule has 0 saturated heterocycles. The average molecular weight is 365 g/mol. The van der Waals surface area contributed by atoms with Crippen LogP contribution in [0.1, 0.15) is 28.5 Å². The summed E-state index contributed by atoms with van der Waals surface area (Å²) in [6.45, 7) is 2.54. The molecule has 0 unspecified atom stereocenters. The fraction of sp³-hybridized carbons (Fsp3) is 0.200. The average Bonchev–Trinajstić information content (AvgIpc) is 3.26. The van der Waals surface area contributed by atoms with Gasteiger partial charge in [0.05, 0.1) is 18.0 Å². The van der Waals surface area contributed by atoms with Gasteiger partial charge in [-0.25, -0.2) is 4.68 Å². The maximum absolute atomic E-state index is 12.8. The summed E-state index contributed by atoms with van der Waals surface area (Å²) in [6, 6.07) is 17.1. The van der Waals surface area contributed by atoms with E-state index in [4.69, 9.17) is 9.84 Å². The molecule has 0 fully saturated rings. The number of fused-ring (bicyclic) bond motifs is 1. The first-order chi connectivity index (χ1) is 12.8. The van der Waals surface area contributed by atoms with E-state index in [1.165, 1.54) is 0 Å². The van der Waals surface area contributed by atoms with E-state index in [0.717, 1.165) is 40.0 Å².